The van der Waals surface area contributed by atoms with E-state index in [4.69, 9.17) is 0 Å². The summed E-state index contributed by atoms with van der Waals surface area (Å²) in [6.07, 6.45) is 7.80. The minimum atomic E-state index is -0.841. The molecule has 2 nitrogen and oxygen atoms in total. The number of aromatic nitrogens is 1. The molecule has 0 saturated carbocycles. The van der Waals surface area contributed by atoms with Crippen molar-refractivity contribution in [2.45, 2.75) is 11.4 Å². The molecule has 1 atom stereocenters. The molecule has 0 aromatic carbocycles. The minimum absolute atomic E-state index is 0.841. The maximum absolute atomic E-state index is 11.0. The Hall–Kier alpha value is -0.830. The Morgan fingerprint density at radius 1 is 1.64 bits per heavy atom. The van der Waals surface area contributed by atoms with Crippen molar-refractivity contribution < 1.29 is 4.21 Å². The molecule has 0 amide bonds. The Morgan fingerprint density at radius 3 is 3.09 bits per heavy atom. The molecule has 1 aromatic rings. The van der Waals surface area contributed by atoms with E-state index in [-0.39, 0.29) is 0 Å². The SMILES string of the molecule is CS(=O)c1cc2n(c1)CC=C2. The van der Waals surface area contributed by atoms with Crippen LogP contribution in [-0.2, 0) is 17.3 Å². The van der Waals surface area contributed by atoms with Crippen LogP contribution in [0.2, 0.25) is 0 Å². The lowest BCUT2D eigenvalue weighted by molar-refractivity contribution is 0.686. The van der Waals surface area contributed by atoms with Crippen molar-refractivity contribution >= 4 is 16.9 Å². The van der Waals surface area contributed by atoms with E-state index in [1.54, 1.807) is 6.26 Å². The Bertz CT molecular complexity index is 338. The molecular formula is C8H9NOS. The zero-order valence-electron chi connectivity index (χ0n) is 6.28. The number of hydrogen-bond acceptors (Lipinski definition) is 1. The van der Waals surface area contributed by atoms with Crippen LogP contribution in [0.4, 0.5) is 0 Å². The lowest BCUT2D eigenvalue weighted by atomic mass is 10.4. The molecule has 1 unspecified atom stereocenters. The molecule has 1 aliphatic rings. The van der Waals surface area contributed by atoms with Gasteiger partial charge in [-0.05, 0) is 12.1 Å². The summed E-state index contributed by atoms with van der Waals surface area (Å²) < 4.78 is 13.1. The number of allylic oxidation sites excluding steroid dienone is 1. The van der Waals surface area contributed by atoms with Gasteiger partial charge in [0.1, 0.15) is 0 Å². The second-order valence-corrected chi connectivity index (χ2v) is 3.99. The molecule has 11 heavy (non-hydrogen) atoms. The van der Waals surface area contributed by atoms with Crippen LogP contribution in [0.15, 0.2) is 23.2 Å². The normalized spacial score (nSPS) is 16.8. The molecule has 1 aromatic heterocycles. The van der Waals surface area contributed by atoms with Crippen LogP contribution in [0.3, 0.4) is 0 Å². The first kappa shape index (κ1) is 6.85. The van der Waals surface area contributed by atoms with Gasteiger partial charge in [0, 0.05) is 24.7 Å². The summed E-state index contributed by atoms with van der Waals surface area (Å²) in [6, 6.07) is 1.97. The summed E-state index contributed by atoms with van der Waals surface area (Å²) >= 11 is 0. The molecular weight excluding hydrogens is 158 g/mol. The smallest absolute Gasteiger partial charge is 0.0568 e. The first-order chi connectivity index (χ1) is 5.27. The highest BCUT2D eigenvalue weighted by atomic mass is 32.2. The molecule has 0 spiro atoms. The standard InChI is InChI=1S/C8H9NOS/c1-11(10)8-5-7-3-2-4-9(7)6-8/h2-3,5-6H,4H2,1H3. The minimum Gasteiger partial charge on any atom is -0.343 e. The van der Waals surface area contributed by atoms with Crippen molar-refractivity contribution in [2.24, 2.45) is 0 Å². The van der Waals surface area contributed by atoms with Gasteiger partial charge in [0.15, 0.2) is 0 Å². The lowest BCUT2D eigenvalue weighted by Crippen LogP contribution is -1.89. The van der Waals surface area contributed by atoms with Gasteiger partial charge in [-0.25, -0.2) is 0 Å². The molecule has 0 fully saturated rings. The number of hydrogen-bond donors (Lipinski definition) is 0. The van der Waals surface area contributed by atoms with E-state index < -0.39 is 10.8 Å². The Labute approximate surface area is 68.0 Å². The maximum atomic E-state index is 11.0. The van der Waals surface area contributed by atoms with Gasteiger partial charge in [-0.1, -0.05) is 6.08 Å². The predicted octanol–water partition coefficient (Wildman–Crippen LogP) is 1.25. The van der Waals surface area contributed by atoms with E-state index in [9.17, 15) is 4.21 Å². The fraction of sp³-hybridized carbons (Fsp3) is 0.250. The maximum Gasteiger partial charge on any atom is 0.0568 e. The van der Waals surface area contributed by atoms with Gasteiger partial charge in [0.25, 0.3) is 0 Å². The third kappa shape index (κ3) is 1.05. The van der Waals surface area contributed by atoms with E-state index in [1.165, 1.54) is 0 Å². The summed E-state index contributed by atoms with van der Waals surface area (Å²) in [5.74, 6) is 0. The molecule has 1 aliphatic heterocycles. The van der Waals surface area contributed by atoms with E-state index in [2.05, 4.69) is 16.7 Å². The molecule has 0 aliphatic carbocycles. The molecule has 0 bridgehead atoms. The van der Waals surface area contributed by atoms with E-state index in [1.807, 2.05) is 12.3 Å². The quantitative estimate of drug-likeness (QED) is 0.617. The second kappa shape index (κ2) is 2.34. The van der Waals surface area contributed by atoms with Crippen LogP contribution in [0, 0.1) is 0 Å². The van der Waals surface area contributed by atoms with Gasteiger partial charge >= 0.3 is 0 Å². The van der Waals surface area contributed by atoms with Crippen molar-refractivity contribution in [1.82, 2.24) is 4.57 Å². The van der Waals surface area contributed by atoms with E-state index >= 15 is 0 Å². The lowest BCUT2D eigenvalue weighted by Gasteiger charge is -1.91. The zero-order valence-corrected chi connectivity index (χ0v) is 7.10. The van der Waals surface area contributed by atoms with Crippen LogP contribution in [0.1, 0.15) is 5.69 Å². The topological polar surface area (TPSA) is 22.0 Å². The average molecular weight is 167 g/mol. The molecule has 2 rings (SSSR count). The van der Waals surface area contributed by atoms with Gasteiger partial charge in [0.05, 0.1) is 15.7 Å². The van der Waals surface area contributed by atoms with Gasteiger partial charge in [-0.2, -0.15) is 0 Å². The summed E-state index contributed by atoms with van der Waals surface area (Å²) in [5, 5.41) is 0. The van der Waals surface area contributed by atoms with Gasteiger partial charge in [-0.15, -0.1) is 0 Å². The molecule has 2 heterocycles. The fourth-order valence-corrected chi connectivity index (χ4v) is 1.80. The Balaban J connectivity index is 2.49. The van der Waals surface area contributed by atoms with Crippen molar-refractivity contribution in [3.05, 3.63) is 24.0 Å². The number of rotatable bonds is 1. The van der Waals surface area contributed by atoms with Crippen LogP contribution < -0.4 is 0 Å². The molecule has 58 valence electrons. The molecule has 3 heteroatoms. The van der Waals surface area contributed by atoms with Crippen LogP contribution in [-0.4, -0.2) is 15.0 Å². The van der Waals surface area contributed by atoms with Gasteiger partial charge in [-0.3, -0.25) is 4.21 Å². The summed E-state index contributed by atoms with van der Waals surface area (Å²) in [7, 11) is -0.841. The van der Waals surface area contributed by atoms with Crippen LogP contribution in [0.25, 0.3) is 6.08 Å². The number of fused-ring (bicyclic) bond motifs is 1. The van der Waals surface area contributed by atoms with E-state index in [0.717, 1.165) is 17.1 Å². The average Bonchev–Trinajstić information content (AvgIpc) is 2.40. The first-order valence-electron chi connectivity index (χ1n) is 3.47. The Morgan fingerprint density at radius 2 is 2.45 bits per heavy atom. The van der Waals surface area contributed by atoms with Crippen LogP contribution >= 0.6 is 0 Å². The largest absolute Gasteiger partial charge is 0.343 e. The molecule has 0 saturated heterocycles. The van der Waals surface area contributed by atoms with Crippen molar-refractivity contribution in [3.63, 3.8) is 0 Å². The predicted molar refractivity (Wildman–Crippen MR) is 45.8 cm³/mol. The molecule has 0 N–H and O–H groups in total. The summed E-state index contributed by atoms with van der Waals surface area (Å²) in [4.78, 5) is 0.921. The zero-order chi connectivity index (χ0) is 7.84. The third-order valence-corrected chi connectivity index (χ3v) is 2.71. The summed E-state index contributed by atoms with van der Waals surface area (Å²) in [5.41, 5.74) is 1.16. The van der Waals surface area contributed by atoms with Gasteiger partial charge in [0.2, 0.25) is 0 Å². The summed E-state index contributed by atoms with van der Waals surface area (Å²) in [6.45, 7) is 0.923. The number of nitrogens with zero attached hydrogens (tertiary/aromatic N) is 1. The highest BCUT2D eigenvalue weighted by molar-refractivity contribution is 7.84. The second-order valence-electron chi connectivity index (χ2n) is 2.61. The fourth-order valence-electron chi connectivity index (χ4n) is 1.24. The highest BCUT2D eigenvalue weighted by Gasteiger charge is 2.07. The first-order valence-corrected chi connectivity index (χ1v) is 5.03. The van der Waals surface area contributed by atoms with Crippen molar-refractivity contribution in [1.29, 1.82) is 0 Å². The van der Waals surface area contributed by atoms with E-state index in [0.29, 0.717) is 0 Å². The van der Waals surface area contributed by atoms with Crippen molar-refractivity contribution in [2.75, 3.05) is 6.26 Å². The Kier molecular flexibility index (Phi) is 1.46. The monoisotopic (exact) mass is 167 g/mol. The third-order valence-electron chi connectivity index (χ3n) is 1.83. The highest BCUT2D eigenvalue weighted by Crippen LogP contribution is 2.17. The van der Waals surface area contributed by atoms with Gasteiger partial charge < -0.3 is 4.57 Å². The molecule has 0 radical (unpaired) electrons. The van der Waals surface area contributed by atoms with Crippen LogP contribution in [0.5, 0.6) is 0 Å². The van der Waals surface area contributed by atoms with Crippen molar-refractivity contribution in [3.8, 4) is 0 Å².